The largest absolute Gasteiger partial charge is 0.497 e. The number of nitrogens with zero attached hydrogens (tertiary/aromatic N) is 4. The number of carbonyl (C=O) groups is 3. The van der Waals surface area contributed by atoms with Gasteiger partial charge >= 0.3 is 0 Å². The normalized spacial score (nSPS) is 15.8. The van der Waals surface area contributed by atoms with E-state index in [4.69, 9.17) is 10.5 Å². The molecule has 0 radical (unpaired) electrons. The number of aromatic nitrogens is 2. The molecular formula is C26H27N5O4. The van der Waals surface area contributed by atoms with E-state index in [9.17, 15) is 14.4 Å². The lowest BCUT2D eigenvalue weighted by Crippen LogP contribution is -2.39. The van der Waals surface area contributed by atoms with Gasteiger partial charge in [-0.1, -0.05) is 6.07 Å². The quantitative estimate of drug-likeness (QED) is 0.612. The van der Waals surface area contributed by atoms with Crippen molar-refractivity contribution >= 4 is 29.1 Å². The summed E-state index contributed by atoms with van der Waals surface area (Å²) in [5.74, 6) is -0.204. The number of methoxy groups -OCH3 is 1. The summed E-state index contributed by atoms with van der Waals surface area (Å²) in [6, 6.07) is 12.9. The molecule has 5 rings (SSSR count). The van der Waals surface area contributed by atoms with Crippen LogP contribution >= 0.6 is 0 Å². The van der Waals surface area contributed by atoms with E-state index in [1.54, 1.807) is 36.3 Å². The minimum Gasteiger partial charge on any atom is -0.497 e. The van der Waals surface area contributed by atoms with E-state index < -0.39 is 5.91 Å². The number of rotatable bonds is 5. The van der Waals surface area contributed by atoms with Gasteiger partial charge in [0.05, 0.1) is 12.8 Å². The predicted octanol–water partition coefficient (Wildman–Crippen LogP) is 3.01. The highest BCUT2D eigenvalue weighted by Crippen LogP contribution is 2.33. The average Bonchev–Trinajstić information content (AvgIpc) is 3.26. The number of fused-ring (bicyclic) bond motifs is 1. The van der Waals surface area contributed by atoms with Gasteiger partial charge in [-0.3, -0.25) is 14.4 Å². The van der Waals surface area contributed by atoms with Crippen molar-refractivity contribution in [3.63, 3.8) is 0 Å². The topological polar surface area (TPSA) is 111 Å². The van der Waals surface area contributed by atoms with Crippen molar-refractivity contribution in [2.75, 3.05) is 30.0 Å². The fraction of sp³-hybridized carbons (Fsp3) is 0.308. The van der Waals surface area contributed by atoms with Crippen molar-refractivity contribution in [3.05, 3.63) is 65.0 Å². The van der Waals surface area contributed by atoms with Crippen LogP contribution in [0.1, 0.15) is 51.4 Å². The Labute approximate surface area is 203 Å². The van der Waals surface area contributed by atoms with Crippen LogP contribution in [-0.2, 0) is 11.2 Å². The first-order valence-corrected chi connectivity index (χ1v) is 11.7. The average molecular weight is 474 g/mol. The van der Waals surface area contributed by atoms with Crippen LogP contribution < -0.4 is 20.3 Å². The van der Waals surface area contributed by atoms with Crippen molar-refractivity contribution in [1.29, 1.82) is 0 Å². The number of hydrogen-bond donors (Lipinski definition) is 1. The molecule has 2 N–H and O–H groups in total. The van der Waals surface area contributed by atoms with Crippen LogP contribution in [0, 0.1) is 6.92 Å². The molecule has 0 unspecified atom stereocenters. The molecule has 2 aliphatic heterocycles. The Morgan fingerprint density at radius 3 is 2.54 bits per heavy atom. The second-order valence-corrected chi connectivity index (χ2v) is 8.83. The smallest absolute Gasteiger partial charge is 0.277 e. The fourth-order valence-corrected chi connectivity index (χ4v) is 4.91. The second-order valence-electron chi connectivity index (χ2n) is 8.83. The summed E-state index contributed by atoms with van der Waals surface area (Å²) in [5.41, 5.74) is 9.66. The van der Waals surface area contributed by atoms with Gasteiger partial charge in [0.15, 0.2) is 5.69 Å². The minimum absolute atomic E-state index is 0.103. The van der Waals surface area contributed by atoms with Gasteiger partial charge in [0, 0.05) is 42.5 Å². The van der Waals surface area contributed by atoms with E-state index >= 15 is 0 Å². The van der Waals surface area contributed by atoms with Gasteiger partial charge in [-0.2, -0.15) is 5.10 Å². The summed E-state index contributed by atoms with van der Waals surface area (Å²) >= 11 is 0. The van der Waals surface area contributed by atoms with Crippen LogP contribution in [0.2, 0.25) is 0 Å². The highest BCUT2D eigenvalue weighted by Gasteiger charge is 2.35. The van der Waals surface area contributed by atoms with Crippen molar-refractivity contribution in [3.8, 4) is 11.4 Å². The lowest BCUT2D eigenvalue weighted by Gasteiger charge is -2.31. The van der Waals surface area contributed by atoms with Crippen molar-refractivity contribution in [1.82, 2.24) is 9.78 Å². The van der Waals surface area contributed by atoms with Crippen LogP contribution in [0.15, 0.2) is 42.5 Å². The molecule has 0 bridgehead atoms. The zero-order chi connectivity index (χ0) is 24.7. The Balaban J connectivity index is 1.54. The summed E-state index contributed by atoms with van der Waals surface area (Å²) in [6.07, 6.45) is 2.90. The Morgan fingerprint density at radius 2 is 1.83 bits per heavy atom. The molecule has 0 atom stereocenters. The summed E-state index contributed by atoms with van der Waals surface area (Å²) < 4.78 is 6.80. The molecule has 180 valence electrons. The Hall–Kier alpha value is -4.14. The molecular weight excluding hydrogens is 446 g/mol. The first-order valence-electron chi connectivity index (χ1n) is 11.7. The standard InChI is InChI=1S/C26H27N5O4/c1-16-14-17(29-12-4-3-8-22(29)32)9-10-21(16)30-13-11-20-23(25(27)33)28-31(24(20)26(30)34)18-6-5-7-19(15-18)35-2/h5-7,9-10,14-15H,3-4,8,11-13H2,1-2H3,(H2,27,33). The van der Waals surface area contributed by atoms with Crippen LogP contribution in [0.4, 0.5) is 11.4 Å². The summed E-state index contributed by atoms with van der Waals surface area (Å²) in [6.45, 7) is 3.03. The number of amides is 3. The summed E-state index contributed by atoms with van der Waals surface area (Å²) in [5, 5.41) is 4.42. The number of benzene rings is 2. The SMILES string of the molecule is COc1cccc(-n2nc(C(N)=O)c3c2C(=O)N(c2ccc(N4CCCCC4=O)cc2C)CC3)c1. The maximum absolute atomic E-state index is 13.8. The summed E-state index contributed by atoms with van der Waals surface area (Å²) in [7, 11) is 1.56. The molecule has 0 aliphatic carbocycles. The van der Waals surface area contributed by atoms with E-state index in [-0.39, 0.29) is 17.5 Å². The maximum Gasteiger partial charge on any atom is 0.277 e. The highest BCUT2D eigenvalue weighted by atomic mass is 16.5. The Morgan fingerprint density at radius 1 is 1.00 bits per heavy atom. The predicted molar refractivity (Wildman–Crippen MR) is 131 cm³/mol. The van der Waals surface area contributed by atoms with Gasteiger partial charge in [-0.05, 0) is 62.1 Å². The monoisotopic (exact) mass is 473 g/mol. The number of carbonyl (C=O) groups excluding carboxylic acids is 3. The molecule has 1 fully saturated rings. The lowest BCUT2D eigenvalue weighted by molar-refractivity contribution is -0.119. The molecule has 35 heavy (non-hydrogen) atoms. The first kappa shape index (κ1) is 22.6. The van der Waals surface area contributed by atoms with Crippen LogP contribution in [-0.4, -0.2) is 47.7 Å². The number of nitrogens with two attached hydrogens (primary N) is 1. The fourth-order valence-electron chi connectivity index (χ4n) is 4.91. The highest BCUT2D eigenvalue weighted by molar-refractivity contribution is 6.10. The van der Waals surface area contributed by atoms with Crippen molar-refractivity contribution < 1.29 is 19.1 Å². The molecule has 1 saturated heterocycles. The Bertz CT molecular complexity index is 1350. The number of primary amides is 1. The molecule has 9 heteroatoms. The number of hydrogen-bond acceptors (Lipinski definition) is 5. The number of piperidine rings is 1. The minimum atomic E-state index is -0.670. The zero-order valence-corrected chi connectivity index (χ0v) is 19.8. The number of aryl methyl sites for hydroxylation is 1. The number of anilines is 2. The molecule has 3 amide bonds. The first-order chi connectivity index (χ1) is 16.9. The molecule has 2 aliphatic rings. The molecule has 9 nitrogen and oxygen atoms in total. The van der Waals surface area contributed by atoms with Gasteiger partial charge < -0.3 is 20.3 Å². The van der Waals surface area contributed by atoms with Gasteiger partial charge in [-0.15, -0.1) is 0 Å². The van der Waals surface area contributed by atoms with Crippen LogP contribution in [0.25, 0.3) is 5.69 Å². The zero-order valence-electron chi connectivity index (χ0n) is 19.8. The van der Waals surface area contributed by atoms with E-state index in [1.165, 1.54) is 4.68 Å². The van der Waals surface area contributed by atoms with Gasteiger partial charge in [-0.25, -0.2) is 4.68 Å². The van der Waals surface area contributed by atoms with Gasteiger partial charge in [0.2, 0.25) is 5.91 Å². The van der Waals surface area contributed by atoms with Crippen molar-refractivity contribution in [2.45, 2.75) is 32.6 Å². The third kappa shape index (κ3) is 3.92. The van der Waals surface area contributed by atoms with Crippen LogP contribution in [0.3, 0.4) is 0 Å². The van der Waals surface area contributed by atoms with Crippen LogP contribution in [0.5, 0.6) is 5.75 Å². The third-order valence-corrected chi connectivity index (χ3v) is 6.65. The Kier molecular flexibility index (Phi) is 5.76. The van der Waals surface area contributed by atoms with E-state index in [0.29, 0.717) is 48.6 Å². The molecule has 0 spiro atoms. The number of ether oxygens (including phenoxy) is 1. The summed E-state index contributed by atoms with van der Waals surface area (Å²) in [4.78, 5) is 41.8. The molecule has 0 saturated carbocycles. The second kappa shape index (κ2) is 8.90. The van der Waals surface area contributed by atoms with E-state index in [0.717, 1.165) is 29.8 Å². The third-order valence-electron chi connectivity index (χ3n) is 6.65. The molecule has 1 aromatic heterocycles. The lowest BCUT2D eigenvalue weighted by atomic mass is 10.0. The van der Waals surface area contributed by atoms with Gasteiger partial charge in [0.25, 0.3) is 11.8 Å². The molecule has 3 aromatic rings. The van der Waals surface area contributed by atoms with Gasteiger partial charge in [0.1, 0.15) is 11.4 Å². The van der Waals surface area contributed by atoms with Crippen molar-refractivity contribution in [2.24, 2.45) is 5.73 Å². The molecule has 3 heterocycles. The maximum atomic E-state index is 13.8. The van der Waals surface area contributed by atoms with E-state index in [1.807, 2.05) is 30.0 Å². The molecule has 2 aromatic carbocycles. The van der Waals surface area contributed by atoms with E-state index in [2.05, 4.69) is 5.10 Å².